The number of methoxy groups -OCH3 is 1. The quantitative estimate of drug-likeness (QED) is 0.434. The molecule has 0 fully saturated rings. The van der Waals surface area contributed by atoms with Crippen molar-refractivity contribution in [1.82, 2.24) is 10.2 Å². The van der Waals surface area contributed by atoms with Crippen LogP contribution in [0.3, 0.4) is 0 Å². The Morgan fingerprint density at radius 2 is 2.00 bits per heavy atom. The maximum absolute atomic E-state index is 11.4. The van der Waals surface area contributed by atoms with Crippen LogP contribution in [-0.2, 0) is 9.53 Å². The summed E-state index contributed by atoms with van der Waals surface area (Å²) in [5, 5.41) is 19.7. The zero-order valence-corrected chi connectivity index (χ0v) is 8.69. The Kier molecular flexibility index (Phi) is 7.97. The van der Waals surface area contributed by atoms with E-state index in [1.165, 1.54) is 4.90 Å². The van der Waals surface area contributed by atoms with Crippen molar-refractivity contribution >= 4 is 5.91 Å². The summed E-state index contributed by atoms with van der Waals surface area (Å²) in [6.45, 7) is 1.09. The summed E-state index contributed by atoms with van der Waals surface area (Å²) in [6.07, 6.45) is 0. The molecule has 0 atom stereocenters. The van der Waals surface area contributed by atoms with E-state index in [2.05, 4.69) is 5.32 Å². The van der Waals surface area contributed by atoms with Crippen molar-refractivity contribution in [2.24, 2.45) is 0 Å². The molecule has 0 aliphatic rings. The van der Waals surface area contributed by atoms with Gasteiger partial charge in [0, 0.05) is 13.7 Å². The highest BCUT2D eigenvalue weighted by atomic mass is 16.5. The normalized spacial score (nSPS) is 9.00. The Balaban J connectivity index is 3.83. The number of carbonyl (C=O) groups is 1. The molecule has 0 aliphatic carbocycles. The predicted molar refractivity (Wildman–Crippen MR) is 52.6 cm³/mol. The van der Waals surface area contributed by atoms with E-state index in [1.54, 1.807) is 7.11 Å². The lowest BCUT2D eigenvalue weighted by Crippen LogP contribution is -2.39. The summed E-state index contributed by atoms with van der Waals surface area (Å²) in [5.41, 5.74) is 0. The van der Waals surface area contributed by atoms with E-state index in [4.69, 9.17) is 15.3 Å². The molecule has 0 bridgehead atoms. The molecule has 1 amide bonds. The van der Waals surface area contributed by atoms with Crippen molar-refractivity contribution in [3.05, 3.63) is 0 Å². The van der Waals surface area contributed by atoms with Crippen LogP contribution in [-0.4, -0.2) is 50.7 Å². The molecular weight excluding hydrogens is 196 g/mol. The Hall–Kier alpha value is -1.63. The van der Waals surface area contributed by atoms with Gasteiger partial charge in [-0.05, 0) is 0 Å². The van der Waals surface area contributed by atoms with Gasteiger partial charge >= 0.3 is 0 Å². The molecule has 0 saturated carbocycles. The summed E-state index contributed by atoms with van der Waals surface area (Å²) >= 11 is 0. The van der Waals surface area contributed by atoms with E-state index in [-0.39, 0.29) is 25.5 Å². The molecule has 0 aliphatic heterocycles. The van der Waals surface area contributed by atoms with E-state index in [0.29, 0.717) is 13.2 Å². The molecule has 6 heteroatoms. The highest BCUT2D eigenvalue weighted by molar-refractivity contribution is 5.78. The zero-order chi connectivity index (χ0) is 11.5. The maximum atomic E-state index is 11.4. The molecule has 0 radical (unpaired) electrons. The van der Waals surface area contributed by atoms with Gasteiger partial charge in [0.25, 0.3) is 0 Å². The van der Waals surface area contributed by atoms with Crippen molar-refractivity contribution < 1.29 is 9.53 Å². The van der Waals surface area contributed by atoms with Gasteiger partial charge in [-0.25, -0.2) is 0 Å². The van der Waals surface area contributed by atoms with Crippen LogP contribution in [0.25, 0.3) is 0 Å². The molecule has 0 aromatic heterocycles. The lowest BCUT2D eigenvalue weighted by atomic mass is 10.4. The van der Waals surface area contributed by atoms with Gasteiger partial charge in [0.2, 0.25) is 5.91 Å². The summed E-state index contributed by atoms with van der Waals surface area (Å²) in [6, 6.07) is 3.67. The van der Waals surface area contributed by atoms with Crippen molar-refractivity contribution in [2.75, 3.05) is 39.9 Å². The summed E-state index contributed by atoms with van der Waals surface area (Å²) in [5.74, 6) is -0.255. The first-order valence-electron chi connectivity index (χ1n) is 4.47. The Morgan fingerprint density at radius 3 is 2.47 bits per heavy atom. The van der Waals surface area contributed by atoms with E-state index >= 15 is 0 Å². The minimum atomic E-state index is -0.255. The fourth-order valence-corrected chi connectivity index (χ4v) is 0.884. The second-order valence-electron chi connectivity index (χ2n) is 2.74. The van der Waals surface area contributed by atoms with Crippen molar-refractivity contribution in [3.8, 4) is 12.1 Å². The van der Waals surface area contributed by atoms with Crippen LogP contribution in [0, 0.1) is 22.7 Å². The molecule has 0 spiro atoms. The SMILES string of the molecule is COCCNCC(=O)N(CC#N)CC#N. The van der Waals surface area contributed by atoms with Crippen molar-refractivity contribution in [1.29, 1.82) is 10.5 Å². The first-order valence-corrected chi connectivity index (χ1v) is 4.47. The minimum Gasteiger partial charge on any atom is -0.383 e. The highest BCUT2D eigenvalue weighted by Gasteiger charge is 2.11. The van der Waals surface area contributed by atoms with Crippen molar-refractivity contribution in [3.63, 3.8) is 0 Å². The molecule has 0 heterocycles. The predicted octanol–water partition coefficient (Wildman–Crippen LogP) is -0.902. The van der Waals surface area contributed by atoms with Gasteiger partial charge in [0.15, 0.2) is 0 Å². The van der Waals surface area contributed by atoms with Crippen LogP contribution in [0.2, 0.25) is 0 Å². The van der Waals surface area contributed by atoms with Gasteiger partial charge in [0.1, 0.15) is 13.1 Å². The molecule has 15 heavy (non-hydrogen) atoms. The number of hydrogen-bond donors (Lipinski definition) is 1. The number of nitrogens with one attached hydrogen (secondary N) is 1. The Labute approximate surface area is 89.0 Å². The number of amides is 1. The number of hydrogen-bond acceptors (Lipinski definition) is 5. The number of rotatable bonds is 7. The maximum Gasteiger partial charge on any atom is 0.238 e. The van der Waals surface area contributed by atoms with E-state index in [1.807, 2.05) is 12.1 Å². The van der Waals surface area contributed by atoms with Gasteiger partial charge in [-0.15, -0.1) is 0 Å². The third-order valence-corrected chi connectivity index (χ3v) is 1.64. The van der Waals surface area contributed by atoms with Gasteiger partial charge in [-0.1, -0.05) is 0 Å². The lowest BCUT2D eigenvalue weighted by Gasteiger charge is -2.15. The molecule has 0 unspecified atom stereocenters. The molecular formula is C9H14N4O2. The van der Waals surface area contributed by atoms with Crippen molar-refractivity contribution in [2.45, 2.75) is 0 Å². The molecule has 1 N–H and O–H groups in total. The summed E-state index contributed by atoms with van der Waals surface area (Å²) in [7, 11) is 1.57. The number of carbonyl (C=O) groups excluding carboxylic acids is 1. The largest absolute Gasteiger partial charge is 0.383 e. The molecule has 0 rings (SSSR count). The molecule has 0 saturated heterocycles. The van der Waals surface area contributed by atoms with Crippen LogP contribution in [0.15, 0.2) is 0 Å². The average Bonchev–Trinajstić information content (AvgIpc) is 2.24. The third-order valence-electron chi connectivity index (χ3n) is 1.64. The minimum absolute atomic E-state index is 0.0572. The van der Waals surface area contributed by atoms with Crippen LogP contribution in [0.5, 0.6) is 0 Å². The van der Waals surface area contributed by atoms with E-state index < -0.39 is 0 Å². The summed E-state index contributed by atoms with van der Waals surface area (Å²) < 4.78 is 4.79. The summed E-state index contributed by atoms with van der Waals surface area (Å²) in [4.78, 5) is 12.6. The monoisotopic (exact) mass is 210 g/mol. The lowest BCUT2D eigenvalue weighted by molar-refractivity contribution is -0.129. The topological polar surface area (TPSA) is 89.2 Å². The Bertz CT molecular complexity index is 250. The second-order valence-corrected chi connectivity index (χ2v) is 2.74. The molecule has 6 nitrogen and oxygen atoms in total. The Morgan fingerprint density at radius 1 is 1.40 bits per heavy atom. The van der Waals surface area contributed by atoms with Gasteiger partial charge in [0.05, 0.1) is 25.3 Å². The van der Waals surface area contributed by atoms with Crippen LogP contribution >= 0.6 is 0 Å². The van der Waals surface area contributed by atoms with Gasteiger partial charge in [-0.3, -0.25) is 4.79 Å². The highest BCUT2D eigenvalue weighted by Crippen LogP contribution is 1.87. The molecule has 0 aromatic carbocycles. The van der Waals surface area contributed by atoms with E-state index in [0.717, 1.165) is 0 Å². The van der Waals surface area contributed by atoms with Crippen LogP contribution in [0.4, 0.5) is 0 Å². The van der Waals surface area contributed by atoms with Crippen LogP contribution < -0.4 is 5.32 Å². The number of nitrogens with zero attached hydrogens (tertiary/aromatic N) is 3. The fraction of sp³-hybridized carbons (Fsp3) is 0.667. The van der Waals surface area contributed by atoms with E-state index in [9.17, 15) is 4.79 Å². The molecule has 0 aromatic rings. The number of ether oxygens (including phenoxy) is 1. The smallest absolute Gasteiger partial charge is 0.238 e. The first-order chi connectivity index (χ1) is 7.26. The van der Waals surface area contributed by atoms with Gasteiger partial charge < -0.3 is 15.0 Å². The molecule has 82 valence electrons. The number of nitriles is 2. The zero-order valence-electron chi connectivity index (χ0n) is 8.69. The van der Waals surface area contributed by atoms with Crippen LogP contribution in [0.1, 0.15) is 0 Å². The third kappa shape index (κ3) is 6.44. The average molecular weight is 210 g/mol. The standard InChI is InChI=1S/C9H14N4O2/c1-15-7-4-12-8-9(14)13(5-2-10)6-3-11/h12H,4-8H2,1H3. The fourth-order valence-electron chi connectivity index (χ4n) is 0.884. The second kappa shape index (κ2) is 8.95. The van der Waals surface area contributed by atoms with Gasteiger partial charge in [-0.2, -0.15) is 10.5 Å². The first kappa shape index (κ1) is 13.4.